The van der Waals surface area contributed by atoms with Crippen LogP contribution in [0.2, 0.25) is 0 Å². The second kappa shape index (κ2) is 39.9. The third kappa shape index (κ3) is 27.6. The highest BCUT2D eigenvalue weighted by Gasteiger charge is 2.47. The van der Waals surface area contributed by atoms with Crippen LogP contribution in [0.15, 0.2) is 60.8 Å². The zero-order chi connectivity index (χ0) is 49.6. The molecule has 2 fully saturated rings. The highest BCUT2D eigenvalue weighted by atomic mass is 16.7. The van der Waals surface area contributed by atoms with Gasteiger partial charge in [0.1, 0.15) is 55.4 Å². The number of hydrogen-bond acceptors (Lipinski definition) is 15. The fourth-order valence-corrected chi connectivity index (χ4v) is 7.67. The van der Waals surface area contributed by atoms with Crippen molar-refractivity contribution in [1.82, 2.24) is 0 Å². The van der Waals surface area contributed by atoms with Crippen LogP contribution in [0.1, 0.15) is 168 Å². The molecule has 2 heterocycles. The van der Waals surface area contributed by atoms with Gasteiger partial charge in [-0.25, -0.2) is 0 Å². The molecule has 15 nitrogen and oxygen atoms in total. The fourth-order valence-electron chi connectivity index (χ4n) is 7.67. The van der Waals surface area contributed by atoms with Crippen LogP contribution < -0.4 is 0 Å². The van der Waals surface area contributed by atoms with Gasteiger partial charge in [-0.05, 0) is 77.0 Å². The van der Waals surface area contributed by atoms with E-state index in [0.717, 1.165) is 70.6 Å². The van der Waals surface area contributed by atoms with Gasteiger partial charge in [0.2, 0.25) is 0 Å². The van der Waals surface area contributed by atoms with E-state index >= 15 is 0 Å². The summed E-state index contributed by atoms with van der Waals surface area (Å²) < 4.78 is 33.5. The van der Waals surface area contributed by atoms with Gasteiger partial charge in [-0.15, -0.1) is 0 Å². The van der Waals surface area contributed by atoms with E-state index in [4.69, 9.17) is 28.4 Å². The summed E-state index contributed by atoms with van der Waals surface area (Å²) >= 11 is 0. The van der Waals surface area contributed by atoms with Crippen LogP contribution in [0.25, 0.3) is 0 Å². The van der Waals surface area contributed by atoms with Crippen molar-refractivity contribution >= 4 is 11.9 Å². The predicted molar refractivity (Wildman–Crippen MR) is 261 cm³/mol. The third-order valence-electron chi connectivity index (χ3n) is 11.9. The van der Waals surface area contributed by atoms with E-state index in [1.807, 2.05) is 0 Å². The molecule has 11 atom stereocenters. The Hall–Kier alpha value is -2.80. The number of carbonyl (C=O) groups excluding carboxylic acids is 2. The first-order valence-corrected chi connectivity index (χ1v) is 25.9. The Morgan fingerprint density at radius 2 is 0.912 bits per heavy atom. The molecule has 2 aliphatic rings. The summed E-state index contributed by atoms with van der Waals surface area (Å²) in [4.78, 5) is 25.7. The minimum absolute atomic E-state index is 0.135. The molecule has 0 aliphatic carbocycles. The molecular formula is C53H90O15. The molecule has 0 spiro atoms. The molecule has 4 unspecified atom stereocenters. The van der Waals surface area contributed by atoms with Crippen molar-refractivity contribution in [1.29, 1.82) is 0 Å². The van der Waals surface area contributed by atoms with Crippen molar-refractivity contribution in [2.45, 2.75) is 235 Å². The maximum Gasteiger partial charge on any atom is 0.306 e. The van der Waals surface area contributed by atoms with Crippen LogP contribution in [-0.2, 0) is 38.0 Å². The second-order valence-electron chi connectivity index (χ2n) is 18.0. The summed E-state index contributed by atoms with van der Waals surface area (Å²) in [5.74, 6) is -0.983. The zero-order valence-electron chi connectivity index (χ0n) is 41.3. The Morgan fingerprint density at radius 3 is 1.46 bits per heavy atom. The molecule has 7 N–H and O–H groups in total. The summed E-state index contributed by atoms with van der Waals surface area (Å²) in [6.45, 7) is 2.46. The van der Waals surface area contributed by atoms with E-state index in [2.05, 4.69) is 74.6 Å². The first-order valence-electron chi connectivity index (χ1n) is 25.9. The lowest BCUT2D eigenvalue weighted by atomic mass is 9.98. The van der Waals surface area contributed by atoms with E-state index in [1.165, 1.54) is 57.8 Å². The largest absolute Gasteiger partial charge is 0.462 e. The number of aliphatic hydroxyl groups excluding tert-OH is 7. The molecule has 15 heteroatoms. The van der Waals surface area contributed by atoms with E-state index < -0.39 is 99.3 Å². The SMILES string of the molecule is CCC/C=C/C/C=C/C/C=C/C/C=C/CCCCCC(=O)OC[C@@H](CO[C@@H]1O[C@H](CO[C@@H]2O[C@H](CO)[C@H](O)C(O)C2O)[C@H](O)C(O)C1O)OC(=O)CCCCC/C=C/CCCCCCCCCC. The Labute approximate surface area is 407 Å². The lowest BCUT2D eigenvalue weighted by Crippen LogP contribution is -2.61. The van der Waals surface area contributed by atoms with Gasteiger partial charge in [-0.2, -0.15) is 0 Å². The minimum Gasteiger partial charge on any atom is -0.462 e. The molecule has 392 valence electrons. The van der Waals surface area contributed by atoms with E-state index in [0.29, 0.717) is 12.8 Å². The van der Waals surface area contributed by atoms with Crippen LogP contribution in [0, 0.1) is 0 Å². The monoisotopic (exact) mass is 967 g/mol. The number of carbonyl (C=O) groups is 2. The number of hydrogen-bond donors (Lipinski definition) is 7. The van der Waals surface area contributed by atoms with Crippen LogP contribution >= 0.6 is 0 Å². The first-order chi connectivity index (χ1) is 33.0. The summed E-state index contributed by atoms with van der Waals surface area (Å²) in [5.41, 5.74) is 0. The van der Waals surface area contributed by atoms with Crippen LogP contribution in [0.5, 0.6) is 0 Å². The minimum atomic E-state index is -1.77. The fraction of sp³-hybridized carbons (Fsp3) is 0.774. The standard InChI is InChI=1S/C53H90O15/c1-3-5-7-9-11-13-15-17-19-20-22-23-25-27-29-31-33-35-44(55)63-38-41(66-45(56)36-34-32-30-28-26-24-21-18-16-14-12-10-8-6-4-2)39-64-52-51(62)49(60)47(58)43(68-52)40-65-53-50(61)48(59)46(57)42(37-54)67-53/h7,9,13,15,19-20,23-26,41-43,46-54,57-62H,3-6,8,10-12,14,16-18,21-22,27-40H2,1-2H3/b9-7+,15-13+,20-19+,25-23+,26-24+/t41-,42+,43+,46-,47-,48?,49?,50?,51?,52+,53+/m0/s1. The lowest BCUT2D eigenvalue weighted by Gasteiger charge is -2.42. The van der Waals surface area contributed by atoms with Crippen molar-refractivity contribution in [2.75, 3.05) is 26.4 Å². The molecule has 0 radical (unpaired) electrons. The van der Waals surface area contributed by atoms with Crippen molar-refractivity contribution in [2.24, 2.45) is 0 Å². The topological polar surface area (TPSA) is 231 Å². The predicted octanol–water partition coefficient (Wildman–Crippen LogP) is 7.27. The molecule has 0 aromatic carbocycles. The van der Waals surface area contributed by atoms with Crippen molar-refractivity contribution < 1.29 is 73.8 Å². The van der Waals surface area contributed by atoms with Crippen molar-refractivity contribution in [3.05, 3.63) is 60.8 Å². The van der Waals surface area contributed by atoms with Crippen molar-refractivity contribution in [3.8, 4) is 0 Å². The maximum atomic E-state index is 13.0. The highest BCUT2D eigenvalue weighted by molar-refractivity contribution is 5.70. The molecular weight excluding hydrogens is 877 g/mol. The molecule has 0 bridgehead atoms. The van der Waals surface area contributed by atoms with Gasteiger partial charge in [-0.3, -0.25) is 9.59 Å². The summed E-state index contributed by atoms with van der Waals surface area (Å²) in [6, 6.07) is 0. The highest BCUT2D eigenvalue weighted by Crippen LogP contribution is 2.26. The summed E-state index contributed by atoms with van der Waals surface area (Å²) in [7, 11) is 0. The molecule has 0 aromatic rings. The van der Waals surface area contributed by atoms with Crippen LogP contribution in [0.3, 0.4) is 0 Å². The number of allylic oxidation sites excluding steroid dienone is 10. The third-order valence-corrected chi connectivity index (χ3v) is 11.9. The normalized spacial score (nSPS) is 26.2. The number of rotatable bonds is 39. The van der Waals surface area contributed by atoms with Gasteiger partial charge in [0.15, 0.2) is 18.7 Å². The summed E-state index contributed by atoms with van der Waals surface area (Å²) in [6.07, 6.45) is 28.2. The molecule has 0 aromatic heterocycles. The number of esters is 2. The molecule has 68 heavy (non-hydrogen) atoms. The van der Waals surface area contributed by atoms with Crippen LogP contribution in [0.4, 0.5) is 0 Å². The van der Waals surface area contributed by atoms with E-state index in [9.17, 15) is 45.3 Å². The van der Waals surface area contributed by atoms with Gasteiger partial charge in [0, 0.05) is 12.8 Å². The summed E-state index contributed by atoms with van der Waals surface area (Å²) in [5, 5.41) is 72.1. The van der Waals surface area contributed by atoms with Gasteiger partial charge in [-0.1, -0.05) is 139 Å². The molecule has 2 aliphatic heterocycles. The average molecular weight is 967 g/mol. The molecule has 2 saturated heterocycles. The Morgan fingerprint density at radius 1 is 0.471 bits per heavy atom. The molecule has 0 amide bonds. The average Bonchev–Trinajstić information content (AvgIpc) is 3.33. The van der Waals surface area contributed by atoms with E-state index in [-0.39, 0.29) is 19.4 Å². The Kier molecular flexibility index (Phi) is 36.0. The maximum absolute atomic E-state index is 13.0. The van der Waals surface area contributed by atoms with Gasteiger partial charge < -0.3 is 64.2 Å². The van der Waals surface area contributed by atoms with Gasteiger partial charge in [0.05, 0.1) is 19.8 Å². The lowest BCUT2D eigenvalue weighted by molar-refractivity contribution is -0.332. The second-order valence-corrected chi connectivity index (χ2v) is 18.0. The Bertz CT molecular complexity index is 1420. The molecule has 0 saturated carbocycles. The number of aliphatic hydroxyl groups is 7. The van der Waals surface area contributed by atoms with Crippen LogP contribution in [-0.4, -0.2) is 142 Å². The van der Waals surface area contributed by atoms with Crippen molar-refractivity contribution in [3.63, 3.8) is 0 Å². The quantitative estimate of drug-likeness (QED) is 0.0183. The molecule has 2 rings (SSSR count). The zero-order valence-corrected chi connectivity index (χ0v) is 41.3. The smallest absolute Gasteiger partial charge is 0.306 e. The van der Waals surface area contributed by atoms with Gasteiger partial charge in [0.25, 0.3) is 0 Å². The number of ether oxygens (including phenoxy) is 6. The number of unbranched alkanes of at least 4 members (excludes halogenated alkanes) is 15. The van der Waals surface area contributed by atoms with E-state index in [1.54, 1.807) is 0 Å². The first kappa shape index (κ1) is 61.3. The Balaban J connectivity index is 1.83. The van der Waals surface area contributed by atoms with Gasteiger partial charge >= 0.3 is 11.9 Å².